The predicted molar refractivity (Wildman–Crippen MR) is 62.8 cm³/mol. The Hall–Kier alpha value is -2.24. The summed E-state index contributed by atoms with van der Waals surface area (Å²) in [5, 5.41) is 2.61. The molecule has 17 heavy (non-hydrogen) atoms. The normalized spacial score (nSPS) is 10.4. The van der Waals surface area contributed by atoms with Gasteiger partial charge in [-0.15, -0.1) is 0 Å². The first kappa shape index (κ1) is 11.3. The van der Waals surface area contributed by atoms with Crippen LogP contribution in [0.2, 0.25) is 0 Å². The van der Waals surface area contributed by atoms with Crippen molar-refractivity contribution in [3.8, 4) is 0 Å². The quantitative estimate of drug-likeness (QED) is 0.744. The van der Waals surface area contributed by atoms with E-state index < -0.39 is 6.09 Å². The lowest BCUT2D eigenvalue weighted by atomic mass is 10.2. The second-order valence-electron chi connectivity index (χ2n) is 3.53. The number of hydrogen-bond donors (Lipinski definition) is 3. The lowest BCUT2D eigenvalue weighted by Gasteiger charge is -2.05. The fourth-order valence-electron chi connectivity index (χ4n) is 1.55. The topological polar surface area (TPSA) is 87.0 Å². The molecule has 6 nitrogen and oxygen atoms in total. The highest BCUT2D eigenvalue weighted by Gasteiger charge is 2.02. The van der Waals surface area contributed by atoms with Crippen LogP contribution in [-0.4, -0.2) is 22.7 Å². The SMILES string of the molecule is CCOC(=O)NCc1ccc2[nH]c(=O)[nH]c2c1. The van der Waals surface area contributed by atoms with E-state index in [9.17, 15) is 9.59 Å². The minimum Gasteiger partial charge on any atom is -0.450 e. The third-order valence-electron chi connectivity index (χ3n) is 2.29. The monoisotopic (exact) mass is 235 g/mol. The number of alkyl carbamates (subject to hydrolysis) is 1. The first-order valence-corrected chi connectivity index (χ1v) is 5.30. The first-order chi connectivity index (χ1) is 8.19. The van der Waals surface area contributed by atoms with E-state index in [1.54, 1.807) is 19.1 Å². The smallest absolute Gasteiger partial charge is 0.407 e. The molecule has 1 aromatic heterocycles. The molecule has 0 saturated heterocycles. The van der Waals surface area contributed by atoms with Gasteiger partial charge in [0.25, 0.3) is 0 Å². The number of benzene rings is 1. The largest absolute Gasteiger partial charge is 0.450 e. The number of H-pyrrole nitrogens is 2. The molecule has 1 aromatic carbocycles. The summed E-state index contributed by atoms with van der Waals surface area (Å²) in [5.41, 5.74) is 2.12. The van der Waals surface area contributed by atoms with Crippen molar-refractivity contribution in [3.05, 3.63) is 34.2 Å². The molecule has 0 aliphatic carbocycles. The van der Waals surface area contributed by atoms with Gasteiger partial charge in [-0.05, 0) is 24.6 Å². The minimum atomic E-state index is -0.449. The summed E-state index contributed by atoms with van der Waals surface area (Å²) in [6.45, 7) is 2.45. The number of aromatic amines is 2. The molecule has 0 spiro atoms. The number of fused-ring (bicyclic) bond motifs is 1. The van der Waals surface area contributed by atoms with E-state index in [-0.39, 0.29) is 5.69 Å². The van der Waals surface area contributed by atoms with Gasteiger partial charge in [-0.25, -0.2) is 9.59 Å². The molecule has 1 amide bonds. The molecule has 0 atom stereocenters. The second kappa shape index (κ2) is 4.73. The number of ether oxygens (including phenoxy) is 1. The third-order valence-corrected chi connectivity index (χ3v) is 2.29. The summed E-state index contributed by atoms with van der Waals surface area (Å²) in [5.74, 6) is 0. The number of rotatable bonds is 3. The van der Waals surface area contributed by atoms with E-state index in [0.717, 1.165) is 16.6 Å². The van der Waals surface area contributed by atoms with Crippen molar-refractivity contribution < 1.29 is 9.53 Å². The molecule has 0 unspecified atom stereocenters. The maximum atomic E-state index is 11.1. The van der Waals surface area contributed by atoms with Crippen LogP contribution in [0.3, 0.4) is 0 Å². The fraction of sp³-hybridized carbons (Fsp3) is 0.273. The molecule has 90 valence electrons. The summed E-state index contributed by atoms with van der Waals surface area (Å²) in [7, 11) is 0. The zero-order valence-corrected chi connectivity index (χ0v) is 9.37. The number of carbonyl (C=O) groups excluding carboxylic acids is 1. The van der Waals surface area contributed by atoms with E-state index >= 15 is 0 Å². The molecule has 0 saturated carbocycles. The lowest BCUT2D eigenvalue weighted by Crippen LogP contribution is -2.23. The Morgan fingerprint density at radius 2 is 2.12 bits per heavy atom. The number of carbonyl (C=O) groups is 1. The molecular formula is C11H13N3O3. The van der Waals surface area contributed by atoms with Gasteiger partial charge in [-0.2, -0.15) is 0 Å². The van der Waals surface area contributed by atoms with E-state index in [4.69, 9.17) is 4.74 Å². The molecule has 2 aromatic rings. The number of amides is 1. The molecular weight excluding hydrogens is 222 g/mol. The number of nitrogens with one attached hydrogen (secondary N) is 3. The van der Waals surface area contributed by atoms with Crippen LogP contribution in [-0.2, 0) is 11.3 Å². The van der Waals surface area contributed by atoms with E-state index in [0.29, 0.717) is 13.2 Å². The average Bonchev–Trinajstić information content (AvgIpc) is 2.66. The zero-order valence-electron chi connectivity index (χ0n) is 9.37. The van der Waals surface area contributed by atoms with Crippen LogP contribution >= 0.6 is 0 Å². The summed E-state index contributed by atoms with van der Waals surface area (Å²) in [6, 6.07) is 5.42. The van der Waals surface area contributed by atoms with Crippen LogP contribution in [0.25, 0.3) is 11.0 Å². The molecule has 6 heteroatoms. The Bertz CT molecular complexity index is 585. The predicted octanol–water partition coefficient (Wildman–Crippen LogP) is 1.10. The molecule has 3 N–H and O–H groups in total. The molecule has 0 fully saturated rings. The Morgan fingerprint density at radius 1 is 1.35 bits per heavy atom. The van der Waals surface area contributed by atoms with Crippen molar-refractivity contribution in [1.82, 2.24) is 15.3 Å². The standard InChI is InChI=1S/C11H13N3O3/c1-2-17-11(16)12-6-7-3-4-8-9(5-7)14-10(15)13-8/h3-5H,2,6H2,1H3,(H,12,16)(H2,13,14,15). The van der Waals surface area contributed by atoms with Gasteiger partial charge in [0.15, 0.2) is 0 Å². The fourth-order valence-corrected chi connectivity index (χ4v) is 1.55. The van der Waals surface area contributed by atoms with Crippen LogP contribution in [0.1, 0.15) is 12.5 Å². The summed E-state index contributed by atoms with van der Waals surface area (Å²) in [4.78, 5) is 27.4. The van der Waals surface area contributed by atoms with Crippen molar-refractivity contribution in [2.45, 2.75) is 13.5 Å². The molecule has 0 aliphatic heterocycles. The minimum absolute atomic E-state index is 0.240. The Morgan fingerprint density at radius 3 is 2.88 bits per heavy atom. The highest BCUT2D eigenvalue weighted by Crippen LogP contribution is 2.09. The van der Waals surface area contributed by atoms with E-state index in [2.05, 4.69) is 15.3 Å². The van der Waals surface area contributed by atoms with Crippen LogP contribution in [0, 0.1) is 0 Å². The van der Waals surface area contributed by atoms with Crippen molar-refractivity contribution in [1.29, 1.82) is 0 Å². The van der Waals surface area contributed by atoms with Crippen LogP contribution in [0.5, 0.6) is 0 Å². The Labute approximate surface area is 97.0 Å². The Kier molecular flexibility index (Phi) is 3.13. The number of imidazole rings is 1. The zero-order chi connectivity index (χ0) is 12.3. The van der Waals surface area contributed by atoms with Gasteiger partial charge < -0.3 is 20.0 Å². The van der Waals surface area contributed by atoms with Gasteiger partial charge in [-0.1, -0.05) is 6.07 Å². The average molecular weight is 235 g/mol. The van der Waals surface area contributed by atoms with Crippen LogP contribution < -0.4 is 11.0 Å². The van der Waals surface area contributed by atoms with E-state index in [1.165, 1.54) is 0 Å². The second-order valence-corrected chi connectivity index (χ2v) is 3.53. The summed E-state index contributed by atoms with van der Waals surface area (Å²) >= 11 is 0. The number of hydrogen-bond acceptors (Lipinski definition) is 3. The first-order valence-electron chi connectivity index (χ1n) is 5.30. The molecule has 0 radical (unpaired) electrons. The maximum absolute atomic E-state index is 11.1. The molecule has 0 aliphatic rings. The van der Waals surface area contributed by atoms with Gasteiger partial charge in [0.2, 0.25) is 0 Å². The van der Waals surface area contributed by atoms with Gasteiger partial charge >= 0.3 is 11.8 Å². The lowest BCUT2D eigenvalue weighted by molar-refractivity contribution is 0.151. The summed E-state index contributed by atoms with van der Waals surface area (Å²) < 4.78 is 4.74. The van der Waals surface area contributed by atoms with Gasteiger partial charge in [0.05, 0.1) is 17.6 Å². The van der Waals surface area contributed by atoms with Crippen molar-refractivity contribution in [2.24, 2.45) is 0 Å². The van der Waals surface area contributed by atoms with Gasteiger partial charge in [0.1, 0.15) is 0 Å². The third kappa shape index (κ3) is 2.66. The van der Waals surface area contributed by atoms with Crippen LogP contribution in [0.4, 0.5) is 4.79 Å². The molecule has 2 rings (SSSR count). The number of aromatic nitrogens is 2. The summed E-state index contributed by atoms with van der Waals surface area (Å²) in [6.07, 6.45) is -0.449. The molecule has 0 bridgehead atoms. The molecule has 1 heterocycles. The van der Waals surface area contributed by atoms with Crippen LogP contribution in [0.15, 0.2) is 23.0 Å². The van der Waals surface area contributed by atoms with Gasteiger partial charge in [0, 0.05) is 6.54 Å². The van der Waals surface area contributed by atoms with Crippen molar-refractivity contribution in [2.75, 3.05) is 6.61 Å². The Balaban J connectivity index is 2.08. The van der Waals surface area contributed by atoms with Gasteiger partial charge in [-0.3, -0.25) is 0 Å². The highest BCUT2D eigenvalue weighted by atomic mass is 16.5. The maximum Gasteiger partial charge on any atom is 0.407 e. The van der Waals surface area contributed by atoms with E-state index in [1.807, 2.05) is 6.07 Å². The van der Waals surface area contributed by atoms with Crippen molar-refractivity contribution in [3.63, 3.8) is 0 Å². The highest BCUT2D eigenvalue weighted by molar-refractivity contribution is 5.75. The van der Waals surface area contributed by atoms with Crippen molar-refractivity contribution >= 4 is 17.1 Å².